The van der Waals surface area contributed by atoms with Gasteiger partial charge in [0.05, 0.1) is 31.8 Å². The Balaban J connectivity index is 5.90. The Morgan fingerprint density at radius 2 is 1.43 bits per heavy atom. The number of carbonyl (C=O) groups excluding carboxylic acids is 4. The molecule has 0 saturated carbocycles. The predicted octanol–water partition coefficient (Wildman–Crippen LogP) is -0.228. The maximum atomic E-state index is 12.4. The van der Waals surface area contributed by atoms with Gasteiger partial charge < -0.3 is 34.3 Å². The van der Waals surface area contributed by atoms with E-state index < -0.39 is 67.4 Å². The molecule has 0 amide bonds. The fraction of sp³-hybridized carbons (Fsp3) is 0.368. The molecule has 30 heavy (non-hydrogen) atoms. The van der Waals surface area contributed by atoms with Gasteiger partial charge in [0, 0.05) is 11.6 Å². The lowest BCUT2D eigenvalue weighted by molar-refractivity contribution is -0.327. The van der Waals surface area contributed by atoms with Crippen molar-refractivity contribution < 1.29 is 53.4 Å². The standard InChI is InChI=1S/C19H24O11/c1-6-15(23)28-19(7-2,29-17(25)12(5)27-16(24)11(3)4)30-18(26)14(10-22)13(8-20)9-21/h6,20-22H,1,3,5,7-10H2,2,4H3. The highest BCUT2D eigenvalue weighted by molar-refractivity contribution is 5.94. The molecule has 11 heteroatoms. The van der Waals surface area contributed by atoms with Crippen molar-refractivity contribution in [3.8, 4) is 0 Å². The quantitative estimate of drug-likeness (QED) is 0.163. The minimum absolute atomic E-state index is 0.0477. The van der Waals surface area contributed by atoms with E-state index >= 15 is 0 Å². The minimum Gasteiger partial charge on any atom is -0.416 e. The van der Waals surface area contributed by atoms with Crippen molar-refractivity contribution in [2.24, 2.45) is 0 Å². The van der Waals surface area contributed by atoms with Crippen LogP contribution in [0.3, 0.4) is 0 Å². The number of aliphatic hydroxyl groups is 3. The van der Waals surface area contributed by atoms with Crippen LogP contribution < -0.4 is 0 Å². The van der Waals surface area contributed by atoms with Crippen LogP contribution in [0.15, 0.2) is 48.3 Å². The summed E-state index contributed by atoms with van der Waals surface area (Å²) in [5, 5.41) is 27.7. The second-order valence-electron chi connectivity index (χ2n) is 5.59. The van der Waals surface area contributed by atoms with Gasteiger partial charge in [0.25, 0.3) is 0 Å². The van der Waals surface area contributed by atoms with E-state index in [4.69, 9.17) is 14.2 Å². The zero-order valence-corrected chi connectivity index (χ0v) is 16.6. The third kappa shape index (κ3) is 7.62. The summed E-state index contributed by atoms with van der Waals surface area (Å²) in [6, 6.07) is 0. The molecule has 0 aromatic heterocycles. The summed E-state index contributed by atoms with van der Waals surface area (Å²) in [6.45, 7) is 9.78. The summed E-state index contributed by atoms with van der Waals surface area (Å²) >= 11 is 0. The number of aliphatic hydroxyl groups excluding tert-OH is 3. The molecule has 0 heterocycles. The monoisotopic (exact) mass is 428 g/mol. The molecule has 3 N–H and O–H groups in total. The molecule has 0 aliphatic rings. The van der Waals surface area contributed by atoms with Crippen molar-refractivity contribution >= 4 is 23.9 Å². The number of rotatable bonds is 12. The van der Waals surface area contributed by atoms with E-state index in [0.717, 1.165) is 0 Å². The summed E-state index contributed by atoms with van der Waals surface area (Å²) in [5.41, 5.74) is -0.891. The van der Waals surface area contributed by atoms with E-state index in [2.05, 4.69) is 24.5 Å². The minimum atomic E-state index is -2.67. The molecule has 0 aromatic carbocycles. The predicted molar refractivity (Wildman–Crippen MR) is 99.8 cm³/mol. The molecule has 0 aliphatic heterocycles. The summed E-state index contributed by atoms with van der Waals surface area (Å²) in [7, 11) is 0. The highest BCUT2D eigenvalue weighted by Crippen LogP contribution is 2.25. The molecule has 0 radical (unpaired) electrons. The lowest BCUT2D eigenvalue weighted by Crippen LogP contribution is -2.45. The molecule has 0 aromatic rings. The maximum absolute atomic E-state index is 12.4. The Bertz CT molecular complexity index is 756. The normalized spacial score (nSPS) is 11.9. The van der Waals surface area contributed by atoms with Crippen LogP contribution in [0.1, 0.15) is 20.3 Å². The van der Waals surface area contributed by atoms with Crippen LogP contribution in [0.5, 0.6) is 0 Å². The van der Waals surface area contributed by atoms with E-state index in [1.807, 2.05) is 0 Å². The Hall–Kier alpha value is -3.28. The molecule has 1 unspecified atom stereocenters. The highest BCUT2D eigenvalue weighted by Gasteiger charge is 2.43. The van der Waals surface area contributed by atoms with Crippen molar-refractivity contribution in [2.75, 3.05) is 19.8 Å². The second kappa shape index (κ2) is 12.3. The van der Waals surface area contributed by atoms with Gasteiger partial charge in [-0.1, -0.05) is 20.1 Å². The summed E-state index contributed by atoms with van der Waals surface area (Å²) in [6.07, 6.45) is 0.246. The summed E-state index contributed by atoms with van der Waals surface area (Å²) in [4.78, 5) is 47.8. The van der Waals surface area contributed by atoms with Crippen molar-refractivity contribution in [1.82, 2.24) is 0 Å². The van der Waals surface area contributed by atoms with E-state index in [-0.39, 0.29) is 11.1 Å². The molecule has 0 rings (SSSR count). The van der Waals surface area contributed by atoms with Crippen LogP contribution in [0.4, 0.5) is 0 Å². The Kier molecular flexibility index (Phi) is 11.0. The average molecular weight is 428 g/mol. The lowest BCUT2D eigenvalue weighted by Gasteiger charge is -2.30. The second-order valence-corrected chi connectivity index (χ2v) is 5.59. The van der Waals surface area contributed by atoms with Gasteiger partial charge in [0.15, 0.2) is 0 Å². The molecule has 0 fully saturated rings. The Labute approximate surface area is 172 Å². The molecule has 0 aliphatic carbocycles. The zero-order chi connectivity index (χ0) is 23.5. The third-order valence-corrected chi connectivity index (χ3v) is 3.36. The first kappa shape index (κ1) is 26.7. The van der Waals surface area contributed by atoms with Crippen molar-refractivity contribution in [3.05, 3.63) is 48.3 Å². The van der Waals surface area contributed by atoms with Crippen LogP contribution in [0, 0.1) is 0 Å². The molecule has 1 atom stereocenters. The summed E-state index contributed by atoms with van der Waals surface area (Å²) < 4.78 is 19.3. The van der Waals surface area contributed by atoms with Crippen LogP contribution in [-0.4, -0.2) is 65.0 Å². The molecule has 0 spiro atoms. The van der Waals surface area contributed by atoms with Gasteiger partial charge >= 0.3 is 29.9 Å². The fourth-order valence-corrected chi connectivity index (χ4v) is 1.68. The zero-order valence-electron chi connectivity index (χ0n) is 16.6. The number of ether oxygens (including phenoxy) is 4. The van der Waals surface area contributed by atoms with Gasteiger partial charge in [-0.2, -0.15) is 0 Å². The number of esters is 4. The lowest BCUT2D eigenvalue weighted by atomic mass is 10.1. The largest absolute Gasteiger partial charge is 0.423 e. The number of carbonyl (C=O) groups is 4. The molecular weight excluding hydrogens is 404 g/mol. The SMILES string of the molecule is C=CC(=O)OC(CC)(OC(=O)C(=C)OC(=O)C(=C)C)OC(=O)C(CO)=C(CO)CO. The molecule has 166 valence electrons. The highest BCUT2D eigenvalue weighted by atomic mass is 16.9. The van der Waals surface area contributed by atoms with Gasteiger partial charge in [0.2, 0.25) is 5.76 Å². The first-order valence-corrected chi connectivity index (χ1v) is 8.42. The molecule has 11 nitrogen and oxygen atoms in total. The Morgan fingerprint density at radius 3 is 1.83 bits per heavy atom. The van der Waals surface area contributed by atoms with Gasteiger partial charge in [-0.3, -0.25) is 0 Å². The van der Waals surface area contributed by atoms with E-state index in [1.165, 1.54) is 13.8 Å². The maximum Gasteiger partial charge on any atom is 0.423 e. The fourth-order valence-electron chi connectivity index (χ4n) is 1.68. The van der Waals surface area contributed by atoms with Crippen molar-refractivity contribution in [3.63, 3.8) is 0 Å². The van der Waals surface area contributed by atoms with Gasteiger partial charge in [-0.15, -0.1) is 0 Å². The molecule has 0 saturated heterocycles. The topological polar surface area (TPSA) is 166 Å². The number of hydrogen-bond donors (Lipinski definition) is 3. The van der Waals surface area contributed by atoms with Crippen LogP contribution in [0.25, 0.3) is 0 Å². The van der Waals surface area contributed by atoms with Crippen LogP contribution in [-0.2, 0) is 38.1 Å². The number of hydrogen-bond acceptors (Lipinski definition) is 11. The van der Waals surface area contributed by atoms with Crippen molar-refractivity contribution in [2.45, 2.75) is 26.2 Å². The van der Waals surface area contributed by atoms with Gasteiger partial charge in [-0.25, -0.2) is 19.2 Å². The Morgan fingerprint density at radius 1 is 0.900 bits per heavy atom. The van der Waals surface area contributed by atoms with Gasteiger partial charge in [0.1, 0.15) is 0 Å². The average Bonchev–Trinajstić information content (AvgIpc) is 2.70. The van der Waals surface area contributed by atoms with E-state index in [1.54, 1.807) is 0 Å². The molecule has 0 bridgehead atoms. The van der Waals surface area contributed by atoms with Crippen molar-refractivity contribution in [1.29, 1.82) is 0 Å². The van der Waals surface area contributed by atoms with Gasteiger partial charge in [-0.05, 0) is 19.1 Å². The smallest absolute Gasteiger partial charge is 0.416 e. The van der Waals surface area contributed by atoms with Crippen LogP contribution >= 0.6 is 0 Å². The third-order valence-electron chi connectivity index (χ3n) is 3.36. The van der Waals surface area contributed by atoms with Crippen LogP contribution in [0.2, 0.25) is 0 Å². The van der Waals surface area contributed by atoms with E-state index in [0.29, 0.717) is 6.08 Å². The molecular formula is C19H24O11. The van der Waals surface area contributed by atoms with E-state index in [9.17, 15) is 34.5 Å². The summed E-state index contributed by atoms with van der Waals surface area (Å²) in [5.74, 6) is -8.42. The first-order chi connectivity index (χ1) is 14.0. The first-order valence-electron chi connectivity index (χ1n) is 8.42.